The highest BCUT2D eigenvalue weighted by atomic mass is 16.2. The summed E-state index contributed by atoms with van der Waals surface area (Å²) < 4.78 is 0. The fraction of sp³-hybridized carbons (Fsp3) is 0.135. The maximum atomic E-state index is 14.7. The maximum absolute atomic E-state index is 14.7. The van der Waals surface area contributed by atoms with Crippen molar-refractivity contribution in [3.63, 3.8) is 0 Å². The molecule has 208 valence electrons. The predicted octanol–water partition coefficient (Wildman–Crippen LogP) is 6.11. The highest BCUT2D eigenvalue weighted by Crippen LogP contribution is 2.63. The lowest BCUT2D eigenvalue weighted by molar-refractivity contribution is -0.122. The highest BCUT2D eigenvalue weighted by molar-refractivity contribution is 6.27. The molecular weight excluding hydrogens is 534 g/mol. The molecule has 3 aliphatic carbocycles. The zero-order chi connectivity index (χ0) is 29.3. The Kier molecular flexibility index (Phi) is 5.50. The Labute approximate surface area is 248 Å². The van der Waals surface area contributed by atoms with E-state index < -0.39 is 17.3 Å². The number of aryl methyl sites for hydroxylation is 1. The fourth-order valence-corrected chi connectivity index (χ4v) is 7.65. The SMILES string of the molecule is Cc1ccc(C(=O)N/N=C/C23c4ccccc4C(c4ccccc42)[C@H]2C(=O)N(c4cccc5ccccc45)C(=O)[C@H]23)cc1. The molecule has 1 N–H and O–H groups in total. The lowest BCUT2D eigenvalue weighted by Crippen LogP contribution is -2.54. The van der Waals surface area contributed by atoms with E-state index in [0.717, 1.165) is 38.6 Å². The fourth-order valence-electron chi connectivity index (χ4n) is 7.65. The average molecular weight is 562 g/mol. The normalized spacial score (nSPS) is 23.4. The highest BCUT2D eigenvalue weighted by Gasteiger charge is 2.68. The number of anilines is 1. The third-order valence-electron chi connectivity index (χ3n) is 9.44. The van der Waals surface area contributed by atoms with Crippen molar-refractivity contribution >= 4 is 40.4 Å². The molecule has 6 nitrogen and oxygen atoms in total. The van der Waals surface area contributed by atoms with E-state index in [1.165, 1.54) is 4.90 Å². The Morgan fingerprint density at radius 2 is 1.40 bits per heavy atom. The number of rotatable bonds is 4. The Morgan fingerprint density at radius 1 is 0.767 bits per heavy atom. The number of nitrogens with zero attached hydrogens (tertiary/aromatic N) is 2. The van der Waals surface area contributed by atoms with Crippen molar-refractivity contribution in [2.75, 3.05) is 4.90 Å². The van der Waals surface area contributed by atoms with Gasteiger partial charge < -0.3 is 0 Å². The van der Waals surface area contributed by atoms with Gasteiger partial charge in [0.2, 0.25) is 11.8 Å². The molecule has 0 aromatic heterocycles. The molecule has 2 bridgehead atoms. The summed E-state index contributed by atoms with van der Waals surface area (Å²) in [5.74, 6) is -2.42. The van der Waals surface area contributed by atoms with Crippen LogP contribution in [0, 0.1) is 18.8 Å². The molecule has 1 saturated heterocycles. The molecule has 1 fully saturated rings. The molecule has 1 aliphatic heterocycles. The maximum Gasteiger partial charge on any atom is 0.271 e. The van der Waals surface area contributed by atoms with Crippen LogP contribution in [0.2, 0.25) is 0 Å². The zero-order valence-electron chi connectivity index (χ0n) is 23.4. The second kappa shape index (κ2) is 9.33. The first-order chi connectivity index (χ1) is 21.0. The van der Waals surface area contributed by atoms with E-state index in [2.05, 4.69) is 22.7 Å². The summed E-state index contributed by atoms with van der Waals surface area (Å²) in [7, 11) is 0. The Balaban J connectivity index is 1.31. The number of hydrogen-bond acceptors (Lipinski definition) is 4. The van der Waals surface area contributed by atoms with Gasteiger partial charge in [-0.15, -0.1) is 0 Å². The number of hydrazone groups is 1. The van der Waals surface area contributed by atoms with Crippen molar-refractivity contribution in [3.05, 3.63) is 149 Å². The summed E-state index contributed by atoms with van der Waals surface area (Å²) in [4.78, 5) is 43.7. The summed E-state index contributed by atoms with van der Waals surface area (Å²) in [6, 6.07) is 36.8. The van der Waals surface area contributed by atoms with Gasteiger partial charge in [0, 0.05) is 23.1 Å². The summed E-state index contributed by atoms with van der Waals surface area (Å²) in [5, 5.41) is 6.33. The molecule has 6 heteroatoms. The van der Waals surface area contributed by atoms with Gasteiger partial charge in [-0.2, -0.15) is 5.10 Å². The zero-order valence-corrected chi connectivity index (χ0v) is 23.4. The minimum atomic E-state index is -1.06. The number of carbonyl (C=O) groups excluding carboxylic acids is 3. The molecule has 0 spiro atoms. The van der Waals surface area contributed by atoms with Crippen molar-refractivity contribution in [2.24, 2.45) is 16.9 Å². The quantitative estimate of drug-likeness (QED) is 0.163. The van der Waals surface area contributed by atoms with E-state index in [-0.39, 0.29) is 23.6 Å². The summed E-state index contributed by atoms with van der Waals surface area (Å²) in [5.41, 5.74) is 7.68. The lowest BCUT2D eigenvalue weighted by Gasteiger charge is -2.52. The number of amides is 3. The van der Waals surface area contributed by atoms with Gasteiger partial charge in [0.25, 0.3) is 5.91 Å². The van der Waals surface area contributed by atoms with Gasteiger partial charge in [-0.25, -0.2) is 10.3 Å². The van der Waals surface area contributed by atoms with E-state index in [1.807, 2.05) is 97.9 Å². The molecule has 3 amide bonds. The van der Waals surface area contributed by atoms with Gasteiger partial charge in [0.1, 0.15) is 0 Å². The first-order valence-corrected chi connectivity index (χ1v) is 14.5. The number of benzene rings is 5. The standard InChI is InChI=1S/C37H27N3O3/c1-22-17-19-24(20-18-22)34(41)39-38-21-37-28-14-6-4-12-26(28)31(27-13-5-7-15-29(27)37)32-33(37)36(43)40(35(32)42)30-16-8-10-23-9-2-3-11-25(23)30/h2-21,31-33H,1H3,(H,39,41)/b38-21+/t31?,32-,33+,37?/m1/s1. The van der Waals surface area contributed by atoms with Crippen LogP contribution in [-0.4, -0.2) is 23.9 Å². The molecule has 43 heavy (non-hydrogen) atoms. The monoisotopic (exact) mass is 561 g/mol. The molecule has 1 heterocycles. The number of imide groups is 1. The lowest BCUT2D eigenvalue weighted by atomic mass is 9.47. The van der Waals surface area contributed by atoms with Crippen LogP contribution in [-0.2, 0) is 15.0 Å². The molecule has 2 atom stereocenters. The summed E-state index contributed by atoms with van der Waals surface area (Å²) in [6.45, 7) is 1.96. The van der Waals surface area contributed by atoms with E-state index in [4.69, 9.17) is 0 Å². The van der Waals surface area contributed by atoms with E-state index in [1.54, 1.807) is 18.3 Å². The number of hydrogen-bond donors (Lipinski definition) is 1. The molecule has 0 radical (unpaired) electrons. The molecule has 5 aromatic carbocycles. The molecule has 5 aromatic rings. The first kappa shape index (κ1) is 25.4. The Morgan fingerprint density at radius 3 is 2.12 bits per heavy atom. The van der Waals surface area contributed by atoms with Crippen LogP contribution in [0.1, 0.15) is 44.1 Å². The Hall–Kier alpha value is -5.36. The van der Waals surface area contributed by atoms with Gasteiger partial charge in [-0.3, -0.25) is 14.4 Å². The van der Waals surface area contributed by atoms with Gasteiger partial charge in [-0.1, -0.05) is 103 Å². The third-order valence-corrected chi connectivity index (χ3v) is 9.44. The second-order valence-electron chi connectivity index (χ2n) is 11.6. The number of carbonyl (C=O) groups is 3. The van der Waals surface area contributed by atoms with E-state index in [0.29, 0.717) is 11.3 Å². The molecule has 0 unspecified atom stereocenters. The van der Waals surface area contributed by atoms with Crippen LogP contribution in [0.4, 0.5) is 5.69 Å². The second-order valence-corrected chi connectivity index (χ2v) is 11.6. The van der Waals surface area contributed by atoms with Crippen LogP contribution >= 0.6 is 0 Å². The summed E-state index contributed by atoms with van der Waals surface area (Å²) >= 11 is 0. The van der Waals surface area contributed by atoms with Crippen LogP contribution < -0.4 is 10.3 Å². The van der Waals surface area contributed by atoms with Crippen molar-refractivity contribution in [1.29, 1.82) is 0 Å². The van der Waals surface area contributed by atoms with Crippen LogP contribution in [0.5, 0.6) is 0 Å². The average Bonchev–Trinajstić information content (AvgIpc) is 3.31. The van der Waals surface area contributed by atoms with Crippen LogP contribution in [0.3, 0.4) is 0 Å². The first-order valence-electron chi connectivity index (χ1n) is 14.5. The molecular formula is C37H27N3O3. The van der Waals surface area contributed by atoms with E-state index in [9.17, 15) is 14.4 Å². The number of fused-ring (bicyclic) bond motifs is 1. The van der Waals surface area contributed by atoms with Crippen molar-refractivity contribution in [1.82, 2.24) is 5.43 Å². The smallest absolute Gasteiger partial charge is 0.271 e. The van der Waals surface area contributed by atoms with Gasteiger partial charge in [0.05, 0.1) is 22.9 Å². The summed E-state index contributed by atoms with van der Waals surface area (Å²) in [6.07, 6.45) is 1.70. The van der Waals surface area contributed by atoms with Crippen molar-refractivity contribution in [2.45, 2.75) is 18.3 Å². The molecule has 0 saturated carbocycles. The topological polar surface area (TPSA) is 78.8 Å². The third kappa shape index (κ3) is 3.47. The van der Waals surface area contributed by atoms with Crippen LogP contribution in [0.25, 0.3) is 10.8 Å². The predicted molar refractivity (Wildman–Crippen MR) is 166 cm³/mol. The minimum absolute atomic E-state index is 0.207. The van der Waals surface area contributed by atoms with E-state index >= 15 is 0 Å². The minimum Gasteiger partial charge on any atom is -0.274 e. The van der Waals surface area contributed by atoms with Crippen LogP contribution in [0.15, 0.2) is 120 Å². The number of nitrogens with one attached hydrogen (secondary N) is 1. The van der Waals surface area contributed by atoms with Gasteiger partial charge in [0.15, 0.2) is 0 Å². The molecule has 9 rings (SSSR count). The van der Waals surface area contributed by atoms with Crippen molar-refractivity contribution in [3.8, 4) is 0 Å². The molecule has 4 aliphatic rings. The van der Waals surface area contributed by atoms with Gasteiger partial charge >= 0.3 is 0 Å². The van der Waals surface area contributed by atoms with Crippen molar-refractivity contribution < 1.29 is 14.4 Å². The Bertz CT molecular complexity index is 1960. The largest absolute Gasteiger partial charge is 0.274 e. The van der Waals surface area contributed by atoms with Gasteiger partial charge in [-0.05, 0) is 52.8 Å².